The molecular formula is C12H11ClNO3S-. The van der Waals surface area contributed by atoms with Gasteiger partial charge in [0.25, 0.3) is 0 Å². The van der Waals surface area contributed by atoms with Crippen LogP contribution in [0.2, 0.25) is 5.02 Å². The van der Waals surface area contributed by atoms with E-state index in [1.54, 1.807) is 18.2 Å². The van der Waals surface area contributed by atoms with E-state index < -0.39 is 12.0 Å². The average Bonchev–Trinajstić information content (AvgIpc) is 2.70. The molecule has 1 aliphatic rings. The van der Waals surface area contributed by atoms with E-state index in [1.165, 1.54) is 23.6 Å². The van der Waals surface area contributed by atoms with Crippen LogP contribution >= 0.6 is 23.4 Å². The molecule has 2 rings (SSSR count). The first-order chi connectivity index (χ1) is 8.52. The monoisotopic (exact) mass is 284 g/mol. The zero-order valence-corrected chi connectivity index (χ0v) is 11.2. The molecule has 0 aliphatic carbocycles. The van der Waals surface area contributed by atoms with Gasteiger partial charge in [-0.05, 0) is 13.0 Å². The van der Waals surface area contributed by atoms with E-state index in [1.807, 2.05) is 6.07 Å². The Hall–Kier alpha value is -1.20. The molecule has 18 heavy (non-hydrogen) atoms. The first-order valence-electron chi connectivity index (χ1n) is 5.40. The zero-order chi connectivity index (χ0) is 13.3. The van der Waals surface area contributed by atoms with Crippen molar-refractivity contribution in [1.82, 2.24) is 4.90 Å². The predicted octanol–water partition coefficient (Wildman–Crippen LogP) is 1.05. The molecule has 1 heterocycles. The average molecular weight is 285 g/mol. The van der Waals surface area contributed by atoms with Crippen molar-refractivity contribution < 1.29 is 14.7 Å². The van der Waals surface area contributed by atoms with Crippen LogP contribution < -0.4 is 5.11 Å². The van der Waals surface area contributed by atoms with Gasteiger partial charge < -0.3 is 14.8 Å². The normalized spacial score (nSPS) is 21.1. The minimum Gasteiger partial charge on any atom is -0.548 e. The molecule has 1 saturated heterocycles. The predicted molar refractivity (Wildman–Crippen MR) is 68.0 cm³/mol. The van der Waals surface area contributed by atoms with Gasteiger partial charge in [0.15, 0.2) is 0 Å². The lowest BCUT2D eigenvalue weighted by Gasteiger charge is -2.31. The van der Waals surface area contributed by atoms with Crippen LogP contribution in [0.3, 0.4) is 0 Å². The van der Waals surface area contributed by atoms with Gasteiger partial charge in [-0.15, -0.1) is 11.8 Å². The molecule has 6 heteroatoms. The van der Waals surface area contributed by atoms with E-state index in [0.717, 1.165) is 5.56 Å². The van der Waals surface area contributed by atoms with Gasteiger partial charge in [0, 0.05) is 10.6 Å². The summed E-state index contributed by atoms with van der Waals surface area (Å²) in [6.07, 6.45) is 0. The Morgan fingerprint density at radius 1 is 1.56 bits per heavy atom. The number of halogens is 1. The number of carboxylic acid groups (broad SMARTS) is 1. The third-order valence-electron chi connectivity index (χ3n) is 2.83. The summed E-state index contributed by atoms with van der Waals surface area (Å²) in [6, 6.07) is 6.16. The fourth-order valence-corrected chi connectivity index (χ4v) is 3.48. The van der Waals surface area contributed by atoms with Crippen LogP contribution in [-0.2, 0) is 9.59 Å². The Morgan fingerprint density at radius 2 is 2.22 bits per heavy atom. The molecule has 1 aromatic rings. The molecule has 0 bridgehead atoms. The smallest absolute Gasteiger partial charge is 0.234 e. The highest BCUT2D eigenvalue weighted by atomic mass is 35.5. The number of aliphatic carboxylic acids is 1. The number of rotatable bonds is 3. The van der Waals surface area contributed by atoms with Crippen LogP contribution in [0.25, 0.3) is 0 Å². The van der Waals surface area contributed by atoms with Crippen molar-refractivity contribution in [3.05, 3.63) is 34.9 Å². The minimum absolute atomic E-state index is 0.207. The second-order valence-corrected chi connectivity index (χ2v) is 5.46. The summed E-state index contributed by atoms with van der Waals surface area (Å²) in [5, 5.41) is 11.1. The summed E-state index contributed by atoms with van der Waals surface area (Å²) >= 11 is 7.46. The SMILES string of the molecule is C[C@@H](C(=O)[O-])N1C(=O)CS[C@@H]1c1ccccc1Cl. The lowest BCUT2D eigenvalue weighted by atomic mass is 10.1. The zero-order valence-electron chi connectivity index (χ0n) is 9.63. The Balaban J connectivity index is 2.35. The molecule has 4 nitrogen and oxygen atoms in total. The van der Waals surface area contributed by atoms with Crippen LogP contribution in [0.4, 0.5) is 0 Å². The fraction of sp³-hybridized carbons (Fsp3) is 0.333. The van der Waals surface area contributed by atoms with Crippen molar-refractivity contribution in [1.29, 1.82) is 0 Å². The molecular weight excluding hydrogens is 274 g/mol. The van der Waals surface area contributed by atoms with Gasteiger partial charge in [0.05, 0.1) is 17.8 Å². The van der Waals surface area contributed by atoms with Crippen molar-refractivity contribution in [2.75, 3.05) is 5.75 Å². The molecule has 1 aliphatic heterocycles. The summed E-state index contributed by atoms with van der Waals surface area (Å²) in [4.78, 5) is 24.1. The van der Waals surface area contributed by atoms with Crippen LogP contribution in [0, 0.1) is 0 Å². The Labute approximate surface area is 114 Å². The third-order valence-corrected chi connectivity index (χ3v) is 4.39. The number of thioether (sulfide) groups is 1. The van der Waals surface area contributed by atoms with Crippen molar-refractivity contribution in [2.45, 2.75) is 18.3 Å². The van der Waals surface area contributed by atoms with E-state index in [2.05, 4.69) is 0 Å². The van der Waals surface area contributed by atoms with Crippen molar-refractivity contribution in [3.63, 3.8) is 0 Å². The highest BCUT2D eigenvalue weighted by molar-refractivity contribution is 8.00. The number of benzene rings is 1. The van der Waals surface area contributed by atoms with Gasteiger partial charge in [-0.3, -0.25) is 4.79 Å². The molecule has 1 amide bonds. The molecule has 0 N–H and O–H groups in total. The van der Waals surface area contributed by atoms with Gasteiger partial charge in [-0.1, -0.05) is 29.8 Å². The van der Waals surface area contributed by atoms with Crippen molar-refractivity contribution in [2.24, 2.45) is 0 Å². The third kappa shape index (κ3) is 2.33. The van der Waals surface area contributed by atoms with Gasteiger partial charge in [-0.25, -0.2) is 0 Å². The van der Waals surface area contributed by atoms with E-state index in [9.17, 15) is 14.7 Å². The first-order valence-corrected chi connectivity index (χ1v) is 6.83. The first kappa shape index (κ1) is 13.2. The van der Waals surface area contributed by atoms with Gasteiger partial charge >= 0.3 is 0 Å². The fourth-order valence-electron chi connectivity index (χ4n) is 1.88. The summed E-state index contributed by atoms with van der Waals surface area (Å²) in [5.74, 6) is -1.21. The Kier molecular flexibility index (Phi) is 3.82. The van der Waals surface area contributed by atoms with E-state index in [4.69, 9.17) is 11.6 Å². The summed E-state index contributed by atoms with van der Waals surface area (Å²) < 4.78 is 0. The molecule has 0 aromatic heterocycles. The summed E-state index contributed by atoms with van der Waals surface area (Å²) in [7, 11) is 0. The van der Waals surface area contributed by atoms with Gasteiger partial charge in [0.1, 0.15) is 5.37 Å². The molecule has 0 unspecified atom stereocenters. The van der Waals surface area contributed by atoms with E-state index in [0.29, 0.717) is 5.02 Å². The molecule has 1 fully saturated rings. The highest BCUT2D eigenvalue weighted by Crippen LogP contribution is 2.42. The molecule has 1 aromatic carbocycles. The van der Waals surface area contributed by atoms with Crippen molar-refractivity contribution >= 4 is 35.2 Å². The number of hydrogen-bond acceptors (Lipinski definition) is 4. The maximum absolute atomic E-state index is 11.8. The second-order valence-electron chi connectivity index (χ2n) is 3.98. The number of carbonyl (C=O) groups excluding carboxylic acids is 2. The largest absolute Gasteiger partial charge is 0.548 e. The number of carbonyl (C=O) groups is 2. The standard InChI is InChI=1S/C12H12ClNO3S/c1-7(12(16)17)14-10(15)6-18-11(14)8-4-2-3-5-9(8)13/h2-5,7,11H,6H2,1H3,(H,16,17)/p-1/t7-,11+/m0/s1. The number of nitrogens with zero attached hydrogens (tertiary/aromatic N) is 1. The lowest BCUT2D eigenvalue weighted by Crippen LogP contribution is -2.47. The van der Waals surface area contributed by atoms with Crippen LogP contribution in [0.5, 0.6) is 0 Å². The van der Waals surface area contributed by atoms with E-state index in [-0.39, 0.29) is 17.0 Å². The summed E-state index contributed by atoms with van der Waals surface area (Å²) in [6.45, 7) is 1.45. The van der Waals surface area contributed by atoms with E-state index >= 15 is 0 Å². The molecule has 0 saturated carbocycles. The molecule has 2 atom stereocenters. The number of hydrogen-bond donors (Lipinski definition) is 0. The van der Waals surface area contributed by atoms with Crippen LogP contribution in [0.15, 0.2) is 24.3 Å². The van der Waals surface area contributed by atoms with Gasteiger partial charge in [-0.2, -0.15) is 0 Å². The van der Waals surface area contributed by atoms with Crippen LogP contribution in [0.1, 0.15) is 17.9 Å². The molecule has 96 valence electrons. The second kappa shape index (κ2) is 5.20. The summed E-state index contributed by atoms with van der Waals surface area (Å²) in [5.41, 5.74) is 0.753. The quantitative estimate of drug-likeness (QED) is 0.832. The van der Waals surface area contributed by atoms with Gasteiger partial charge in [0.2, 0.25) is 5.91 Å². The lowest BCUT2D eigenvalue weighted by molar-refractivity contribution is -0.310. The van der Waals surface area contributed by atoms with Crippen molar-refractivity contribution in [3.8, 4) is 0 Å². The topological polar surface area (TPSA) is 60.4 Å². The Bertz CT molecular complexity index is 494. The maximum Gasteiger partial charge on any atom is 0.234 e. The van der Waals surface area contributed by atoms with Crippen LogP contribution in [-0.4, -0.2) is 28.6 Å². The molecule has 0 radical (unpaired) electrons. The maximum atomic E-state index is 11.8. The molecule has 0 spiro atoms. The Morgan fingerprint density at radius 3 is 2.83 bits per heavy atom. The number of amides is 1. The highest BCUT2D eigenvalue weighted by Gasteiger charge is 2.37. The minimum atomic E-state index is -1.26. The number of carboxylic acids is 1.